The molecule has 0 amide bonds. The zero-order chi connectivity index (χ0) is 27.0. The van der Waals surface area contributed by atoms with E-state index in [-0.39, 0.29) is 43.7 Å². The molecular formula is C25H34ClFIN3O5. The normalized spacial score (nSPS) is 14.2. The Balaban J connectivity index is 2.08. The van der Waals surface area contributed by atoms with E-state index < -0.39 is 23.4 Å². The second-order valence-corrected chi connectivity index (χ2v) is 10.3. The van der Waals surface area contributed by atoms with Crippen molar-refractivity contribution < 1.29 is 29.2 Å². The number of nitrogens with zero attached hydrogens (tertiary/aromatic N) is 1. The first-order valence-electron chi connectivity index (χ1n) is 11.3. The molecule has 36 heavy (non-hydrogen) atoms. The molecule has 8 nitrogen and oxygen atoms in total. The highest BCUT2D eigenvalue weighted by molar-refractivity contribution is 14.1. The van der Waals surface area contributed by atoms with Crippen LogP contribution in [0.5, 0.6) is 11.5 Å². The van der Waals surface area contributed by atoms with Gasteiger partial charge in [0.05, 0.1) is 24.7 Å². The Labute approximate surface area is 229 Å². The third kappa shape index (κ3) is 8.09. The molecule has 0 aliphatic rings. The molecule has 0 aliphatic carbocycles. The second kappa shape index (κ2) is 13.6. The Morgan fingerprint density at radius 1 is 1.14 bits per heavy atom. The molecule has 0 aliphatic heterocycles. The largest absolute Gasteiger partial charge is 0.491 e. The number of ether oxygens (including phenoxy) is 2. The molecule has 2 unspecified atom stereocenters. The molecule has 2 rings (SSSR count). The molecule has 0 heterocycles. The van der Waals surface area contributed by atoms with Crippen LogP contribution in [0.2, 0.25) is 0 Å². The molecule has 200 valence electrons. The molecule has 7 N–H and O–H groups in total. The predicted octanol–water partition coefficient (Wildman–Crippen LogP) is 2.91. The highest BCUT2D eigenvalue weighted by atomic mass is 127. The van der Waals surface area contributed by atoms with Crippen molar-refractivity contribution in [3.63, 3.8) is 0 Å². The molecule has 0 saturated heterocycles. The lowest BCUT2D eigenvalue weighted by Gasteiger charge is -2.29. The fraction of sp³-hybridized carbons (Fsp3) is 0.440. The van der Waals surface area contributed by atoms with Crippen LogP contribution in [0.4, 0.5) is 4.39 Å². The third-order valence-corrected chi connectivity index (χ3v) is 7.34. The van der Waals surface area contributed by atoms with E-state index in [1.807, 2.05) is 55.5 Å². The van der Waals surface area contributed by atoms with E-state index in [1.54, 1.807) is 18.2 Å². The van der Waals surface area contributed by atoms with Crippen molar-refractivity contribution in [1.82, 2.24) is 5.01 Å². The number of halogens is 3. The smallest absolute Gasteiger partial charge is 0.165 e. The van der Waals surface area contributed by atoms with E-state index in [0.717, 1.165) is 16.7 Å². The molecule has 0 radical (unpaired) electrons. The van der Waals surface area contributed by atoms with Crippen LogP contribution in [0.3, 0.4) is 0 Å². The molecule has 0 fully saturated rings. The minimum Gasteiger partial charge on any atom is -0.491 e. The van der Waals surface area contributed by atoms with E-state index in [1.165, 1.54) is 11.1 Å². The molecule has 0 saturated carbocycles. The van der Waals surface area contributed by atoms with Gasteiger partial charge in [-0.05, 0) is 70.5 Å². The number of alkyl halides is 1. The van der Waals surface area contributed by atoms with Gasteiger partial charge in [-0.15, -0.1) is 11.6 Å². The SMILES string of the molecule is Cc1cc(OCC(O)CN(N)/C(I)=C(\N)CO)ccc1C(C)(C)c1ccc(OCC(O)CCl)c(F)c1. The number of aliphatic hydroxyl groups is 3. The van der Waals surface area contributed by atoms with Gasteiger partial charge in [0.25, 0.3) is 0 Å². The van der Waals surface area contributed by atoms with Crippen LogP contribution < -0.4 is 21.1 Å². The highest BCUT2D eigenvalue weighted by Crippen LogP contribution is 2.36. The summed E-state index contributed by atoms with van der Waals surface area (Å²) in [5.74, 6) is 5.99. The van der Waals surface area contributed by atoms with Crippen molar-refractivity contribution in [2.75, 3.05) is 32.2 Å². The molecule has 11 heteroatoms. The van der Waals surface area contributed by atoms with Gasteiger partial charge in [0.2, 0.25) is 0 Å². The van der Waals surface area contributed by atoms with Crippen LogP contribution >= 0.6 is 34.2 Å². The van der Waals surface area contributed by atoms with Crippen molar-refractivity contribution in [1.29, 1.82) is 0 Å². The number of nitrogens with two attached hydrogens (primary N) is 2. The lowest BCUT2D eigenvalue weighted by Crippen LogP contribution is -2.39. The molecule has 2 atom stereocenters. The van der Waals surface area contributed by atoms with Crippen molar-refractivity contribution in [2.45, 2.75) is 38.4 Å². The van der Waals surface area contributed by atoms with Gasteiger partial charge in [-0.2, -0.15) is 0 Å². The quantitative estimate of drug-likeness (QED) is 0.0745. The summed E-state index contributed by atoms with van der Waals surface area (Å²) in [6.07, 6.45) is -1.76. The van der Waals surface area contributed by atoms with Gasteiger partial charge in [-0.25, -0.2) is 10.2 Å². The summed E-state index contributed by atoms with van der Waals surface area (Å²) in [4.78, 5) is 0. The molecule has 0 spiro atoms. The first-order chi connectivity index (χ1) is 16.9. The standard InChI is InChI=1S/C25H34ClFIN3O5/c1-15-8-19(35-14-18(34)11-31(30)24(28)22(29)12-32)5-6-20(15)25(2,3)16-4-7-23(21(27)9-16)36-13-17(33)10-26/h4-9,17-18,32-34H,10-14,29-30H2,1-3H3/b24-22-. The van der Waals surface area contributed by atoms with Gasteiger partial charge in [0.15, 0.2) is 11.6 Å². The Morgan fingerprint density at radius 2 is 1.81 bits per heavy atom. The molecule has 0 aromatic heterocycles. The van der Waals surface area contributed by atoms with Gasteiger partial charge in [-0.1, -0.05) is 26.0 Å². The zero-order valence-corrected chi connectivity index (χ0v) is 23.5. The molecule has 2 aromatic carbocycles. The fourth-order valence-corrected chi connectivity index (χ4v) is 4.08. The van der Waals surface area contributed by atoms with Crippen LogP contribution in [-0.4, -0.2) is 64.8 Å². The average Bonchev–Trinajstić information content (AvgIpc) is 2.85. The van der Waals surface area contributed by atoms with E-state index in [0.29, 0.717) is 9.45 Å². The summed E-state index contributed by atoms with van der Waals surface area (Å²) in [5.41, 5.74) is 8.02. The number of hydrazine groups is 1. The summed E-state index contributed by atoms with van der Waals surface area (Å²) < 4.78 is 26.2. The number of aryl methyl sites for hydroxylation is 1. The van der Waals surface area contributed by atoms with Crippen molar-refractivity contribution in [3.05, 3.63) is 68.3 Å². The first kappa shape index (κ1) is 30.4. The van der Waals surface area contributed by atoms with Crippen LogP contribution in [0, 0.1) is 12.7 Å². The minimum absolute atomic E-state index is 0.00389. The zero-order valence-electron chi connectivity index (χ0n) is 20.5. The monoisotopic (exact) mass is 637 g/mol. The lowest BCUT2D eigenvalue weighted by molar-refractivity contribution is 0.0809. The van der Waals surface area contributed by atoms with Crippen molar-refractivity contribution in [2.24, 2.45) is 11.6 Å². The van der Waals surface area contributed by atoms with Gasteiger partial charge < -0.3 is 35.5 Å². The topological polar surface area (TPSA) is 134 Å². The number of hydrogen-bond donors (Lipinski definition) is 5. The highest BCUT2D eigenvalue weighted by Gasteiger charge is 2.26. The van der Waals surface area contributed by atoms with Crippen molar-refractivity contribution in [3.8, 4) is 11.5 Å². The van der Waals surface area contributed by atoms with E-state index in [9.17, 15) is 14.6 Å². The molecular weight excluding hydrogens is 604 g/mol. The average molecular weight is 638 g/mol. The van der Waals surface area contributed by atoms with Crippen molar-refractivity contribution >= 4 is 34.2 Å². The predicted molar refractivity (Wildman–Crippen MR) is 147 cm³/mol. The number of benzene rings is 2. The van der Waals surface area contributed by atoms with Gasteiger partial charge in [0, 0.05) is 5.41 Å². The molecule has 2 aromatic rings. The summed E-state index contributed by atoms with van der Waals surface area (Å²) in [7, 11) is 0. The van der Waals surface area contributed by atoms with E-state index in [4.69, 9.17) is 37.8 Å². The van der Waals surface area contributed by atoms with Crippen LogP contribution in [0.15, 0.2) is 45.8 Å². The maximum Gasteiger partial charge on any atom is 0.165 e. The van der Waals surface area contributed by atoms with Gasteiger partial charge >= 0.3 is 0 Å². The third-order valence-electron chi connectivity index (χ3n) is 5.67. The molecule has 0 bridgehead atoms. The maximum absolute atomic E-state index is 14.7. The number of hydrogen-bond acceptors (Lipinski definition) is 8. The summed E-state index contributed by atoms with van der Waals surface area (Å²) in [6.45, 7) is 5.58. The fourth-order valence-electron chi connectivity index (χ4n) is 3.62. The Bertz CT molecular complexity index is 1060. The summed E-state index contributed by atoms with van der Waals surface area (Å²) >= 11 is 7.45. The van der Waals surface area contributed by atoms with E-state index in [2.05, 4.69) is 0 Å². The van der Waals surface area contributed by atoms with Crippen LogP contribution in [-0.2, 0) is 5.41 Å². The summed E-state index contributed by atoms with van der Waals surface area (Å²) in [6, 6.07) is 10.3. The second-order valence-electron chi connectivity index (χ2n) is 8.96. The van der Waals surface area contributed by atoms with Crippen LogP contribution in [0.1, 0.15) is 30.5 Å². The number of rotatable bonds is 13. The van der Waals surface area contributed by atoms with Crippen LogP contribution in [0.25, 0.3) is 0 Å². The Morgan fingerprint density at radius 3 is 2.39 bits per heavy atom. The maximum atomic E-state index is 14.7. The van der Waals surface area contributed by atoms with Gasteiger partial charge in [-0.3, -0.25) is 0 Å². The Kier molecular flexibility index (Phi) is 11.5. The summed E-state index contributed by atoms with van der Waals surface area (Å²) in [5, 5.41) is 30.2. The Hall–Kier alpha value is -1.83. The van der Waals surface area contributed by atoms with Gasteiger partial charge in [0.1, 0.15) is 34.9 Å². The number of aliphatic hydroxyl groups excluding tert-OH is 3. The first-order valence-corrected chi connectivity index (χ1v) is 12.9. The minimum atomic E-state index is -0.892. The lowest BCUT2D eigenvalue weighted by atomic mass is 9.76. The van der Waals surface area contributed by atoms with E-state index >= 15 is 0 Å².